The summed E-state index contributed by atoms with van der Waals surface area (Å²) in [7, 11) is 0. The Kier molecular flexibility index (Phi) is 7.03. The number of aliphatic hydroxyl groups excluding tert-OH is 1. The van der Waals surface area contributed by atoms with Crippen LogP contribution >= 0.6 is 0 Å². The van der Waals surface area contributed by atoms with Gasteiger partial charge in [-0.15, -0.1) is 0 Å². The Morgan fingerprint density at radius 3 is 2.45 bits per heavy atom. The largest absolute Gasteiger partial charge is 0.389 e. The fourth-order valence-electron chi connectivity index (χ4n) is 2.15. The molecule has 0 spiro atoms. The third-order valence-electron chi connectivity index (χ3n) is 3.43. The van der Waals surface area contributed by atoms with E-state index in [-0.39, 0.29) is 6.10 Å². The van der Waals surface area contributed by atoms with Crippen molar-refractivity contribution in [2.24, 2.45) is 5.92 Å². The molecule has 3 heteroatoms. The van der Waals surface area contributed by atoms with Gasteiger partial charge in [-0.3, -0.25) is 0 Å². The molecule has 2 N–H and O–H groups in total. The quantitative estimate of drug-likeness (QED) is 0.765. The minimum atomic E-state index is -0.480. The minimum Gasteiger partial charge on any atom is -0.389 e. The van der Waals surface area contributed by atoms with E-state index in [1.165, 1.54) is 11.1 Å². The molecule has 0 bridgehead atoms. The van der Waals surface area contributed by atoms with Gasteiger partial charge < -0.3 is 15.2 Å². The lowest BCUT2D eigenvalue weighted by atomic mass is 10.1. The van der Waals surface area contributed by atoms with Crippen molar-refractivity contribution in [2.45, 2.75) is 53.2 Å². The van der Waals surface area contributed by atoms with E-state index in [1.54, 1.807) is 0 Å². The molecular formula is C17H29NO2. The van der Waals surface area contributed by atoms with Gasteiger partial charge >= 0.3 is 0 Å². The number of anilines is 1. The van der Waals surface area contributed by atoms with Gasteiger partial charge in [0.15, 0.2) is 0 Å². The maximum Gasteiger partial charge on any atom is 0.0945 e. The topological polar surface area (TPSA) is 41.5 Å². The maximum atomic E-state index is 9.93. The average molecular weight is 279 g/mol. The molecule has 0 radical (unpaired) electrons. The fraction of sp³-hybridized carbons (Fsp3) is 0.647. The molecule has 1 rings (SSSR count). The van der Waals surface area contributed by atoms with Crippen molar-refractivity contribution in [3.63, 3.8) is 0 Å². The number of benzene rings is 1. The third kappa shape index (κ3) is 6.40. The summed E-state index contributed by atoms with van der Waals surface area (Å²) in [6, 6.07) is 6.23. The summed E-state index contributed by atoms with van der Waals surface area (Å²) >= 11 is 0. The van der Waals surface area contributed by atoms with Crippen LogP contribution in [0.15, 0.2) is 18.2 Å². The van der Waals surface area contributed by atoms with Crippen molar-refractivity contribution in [1.29, 1.82) is 0 Å². The average Bonchev–Trinajstić information content (AvgIpc) is 2.37. The van der Waals surface area contributed by atoms with Gasteiger partial charge in [0.05, 0.1) is 18.8 Å². The number of hydrogen-bond donors (Lipinski definition) is 2. The van der Waals surface area contributed by atoms with E-state index in [2.05, 4.69) is 52.1 Å². The van der Waals surface area contributed by atoms with Crippen molar-refractivity contribution in [3.05, 3.63) is 29.3 Å². The van der Waals surface area contributed by atoms with Gasteiger partial charge in [0, 0.05) is 12.2 Å². The highest BCUT2D eigenvalue weighted by Crippen LogP contribution is 2.14. The second kappa shape index (κ2) is 8.28. The van der Waals surface area contributed by atoms with Gasteiger partial charge in [-0.25, -0.2) is 0 Å². The molecule has 0 aliphatic heterocycles. The summed E-state index contributed by atoms with van der Waals surface area (Å²) < 4.78 is 5.66. The molecule has 1 aromatic rings. The smallest absolute Gasteiger partial charge is 0.0945 e. The van der Waals surface area contributed by atoms with Gasteiger partial charge in [0.1, 0.15) is 0 Å². The highest BCUT2D eigenvalue weighted by molar-refractivity contribution is 5.48. The van der Waals surface area contributed by atoms with Gasteiger partial charge in [0.25, 0.3) is 0 Å². The second-order valence-corrected chi connectivity index (χ2v) is 6.11. The van der Waals surface area contributed by atoms with Crippen LogP contribution in [0.3, 0.4) is 0 Å². The van der Waals surface area contributed by atoms with Crippen LogP contribution < -0.4 is 5.32 Å². The normalized spacial score (nSPS) is 14.3. The zero-order valence-corrected chi connectivity index (χ0v) is 13.4. The second-order valence-electron chi connectivity index (χ2n) is 6.11. The number of rotatable bonds is 8. The first-order valence-electron chi connectivity index (χ1n) is 7.49. The molecule has 3 nitrogen and oxygen atoms in total. The van der Waals surface area contributed by atoms with E-state index in [9.17, 15) is 5.11 Å². The number of aryl methyl sites for hydroxylation is 2. The first-order chi connectivity index (χ1) is 9.38. The number of nitrogens with one attached hydrogen (secondary N) is 1. The third-order valence-corrected chi connectivity index (χ3v) is 3.43. The molecule has 2 atom stereocenters. The number of hydrogen-bond acceptors (Lipinski definition) is 3. The van der Waals surface area contributed by atoms with E-state index >= 15 is 0 Å². The highest BCUT2D eigenvalue weighted by atomic mass is 16.5. The zero-order valence-electron chi connectivity index (χ0n) is 13.4. The molecule has 20 heavy (non-hydrogen) atoms. The Morgan fingerprint density at radius 1 is 1.15 bits per heavy atom. The van der Waals surface area contributed by atoms with Crippen molar-refractivity contribution in [1.82, 2.24) is 0 Å². The Morgan fingerprint density at radius 2 is 1.85 bits per heavy atom. The standard InChI is InChI=1S/C17H29NO2/c1-12(2)8-15(5)20-11-17(19)10-18-16-7-6-13(3)14(4)9-16/h6-7,9,12,15,17-19H,8,10-11H2,1-5H3. The molecule has 2 unspecified atom stereocenters. The Bertz CT molecular complexity index is 404. The SMILES string of the molecule is Cc1ccc(NCC(O)COC(C)CC(C)C)cc1C. The monoisotopic (exact) mass is 279 g/mol. The van der Waals surface area contributed by atoms with E-state index in [0.717, 1.165) is 12.1 Å². The molecule has 0 aliphatic rings. The predicted molar refractivity (Wildman–Crippen MR) is 85.3 cm³/mol. The van der Waals surface area contributed by atoms with Crippen molar-refractivity contribution in [3.8, 4) is 0 Å². The molecule has 114 valence electrons. The lowest BCUT2D eigenvalue weighted by molar-refractivity contribution is -0.00443. The van der Waals surface area contributed by atoms with Crippen LogP contribution in [-0.4, -0.2) is 30.5 Å². The Balaban J connectivity index is 2.28. The lowest BCUT2D eigenvalue weighted by Crippen LogP contribution is -2.27. The minimum absolute atomic E-state index is 0.200. The molecule has 0 amide bonds. The summed E-state index contributed by atoms with van der Waals surface area (Å²) in [5, 5.41) is 13.2. The molecule has 0 saturated heterocycles. The molecule has 0 aliphatic carbocycles. The highest BCUT2D eigenvalue weighted by Gasteiger charge is 2.09. The van der Waals surface area contributed by atoms with Crippen molar-refractivity contribution >= 4 is 5.69 Å². The van der Waals surface area contributed by atoms with Crippen LogP contribution in [0.2, 0.25) is 0 Å². The Hall–Kier alpha value is -1.06. The molecule has 0 heterocycles. The lowest BCUT2D eigenvalue weighted by Gasteiger charge is -2.18. The van der Waals surface area contributed by atoms with Crippen LogP contribution in [0.4, 0.5) is 5.69 Å². The van der Waals surface area contributed by atoms with E-state index in [1.807, 2.05) is 6.07 Å². The van der Waals surface area contributed by atoms with Crippen LogP contribution in [0.5, 0.6) is 0 Å². The molecular weight excluding hydrogens is 250 g/mol. The molecule has 0 fully saturated rings. The van der Waals surface area contributed by atoms with E-state index in [4.69, 9.17) is 4.74 Å². The van der Waals surface area contributed by atoms with Crippen LogP contribution in [-0.2, 0) is 4.74 Å². The number of aliphatic hydroxyl groups is 1. The van der Waals surface area contributed by atoms with E-state index < -0.39 is 6.10 Å². The van der Waals surface area contributed by atoms with E-state index in [0.29, 0.717) is 19.1 Å². The number of ether oxygens (including phenoxy) is 1. The summed E-state index contributed by atoms with van der Waals surface area (Å²) in [5.41, 5.74) is 3.58. The molecule has 0 saturated carbocycles. The summed E-state index contributed by atoms with van der Waals surface area (Å²) in [5.74, 6) is 0.621. The maximum absolute atomic E-state index is 9.93. The summed E-state index contributed by atoms with van der Waals surface area (Å²) in [4.78, 5) is 0. The van der Waals surface area contributed by atoms with Crippen LogP contribution in [0.25, 0.3) is 0 Å². The fourth-order valence-corrected chi connectivity index (χ4v) is 2.15. The van der Waals surface area contributed by atoms with Crippen molar-refractivity contribution in [2.75, 3.05) is 18.5 Å². The van der Waals surface area contributed by atoms with Gasteiger partial charge in [-0.1, -0.05) is 19.9 Å². The molecule has 1 aromatic carbocycles. The zero-order chi connectivity index (χ0) is 15.1. The molecule has 0 aromatic heterocycles. The van der Waals surface area contributed by atoms with Gasteiger partial charge in [-0.05, 0) is 56.4 Å². The predicted octanol–water partition coefficient (Wildman–Crippen LogP) is 3.53. The first kappa shape index (κ1) is 17.0. The van der Waals surface area contributed by atoms with Crippen LogP contribution in [0, 0.1) is 19.8 Å². The van der Waals surface area contributed by atoms with Gasteiger partial charge in [0.2, 0.25) is 0 Å². The first-order valence-corrected chi connectivity index (χ1v) is 7.49. The van der Waals surface area contributed by atoms with Crippen molar-refractivity contribution < 1.29 is 9.84 Å². The van der Waals surface area contributed by atoms with Crippen LogP contribution in [0.1, 0.15) is 38.3 Å². The Labute approximate surface area is 123 Å². The van der Waals surface area contributed by atoms with Gasteiger partial charge in [-0.2, -0.15) is 0 Å². The summed E-state index contributed by atoms with van der Waals surface area (Å²) in [6.07, 6.45) is 0.745. The summed E-state index contributed by atoms with van der Waals surface area (Å²) in [6.45, 7) is 11.5.